The lowest BCUT2D eigenvalue weighted by molar-refractivity contribution is -0.161. The van der Waals surface area contributed by atoms with E-state index < -0.39 is 51.1 Å². The Bertz CT molecular complexity index is 1260. The SMILES string of the molecule is CC/C=C\C/C=C\C/C=C\C/C=C\C/C=C\CCCC(=O)OC[C@H](COP(=O)(O)OC[C@H](N)C(=O)O)OC(=O)CCCCCCCCC/C=C\CCCCCCCC. The van der Waals surface area contributed by atoms with Gasteiger partial charge in [-0.2, -0.15) is 0 Å². The number of carbonyl (C=O) groups is 3. The van der Waals surface area contributed by atoms with Gasteiger partial charge in [0.05, 0.1) is 13.2 Å². The molecule has 12 heteroatoms. The lowest BCUT2D eigenvalue weighted by Crippen LogP contribution is -2.34. The summed E-state index contributed by atoms with van der Waals surface area (Å²) < 4.78 is 32.6. The van der Waals surface area contributed by atoms with Crippen molar-refractivity contribution in [2.24, 2.45) is 5.73 Å². The first-order chi connectivity index (χ1) is 28.1. The van der Waals surface area contributed by atoms with Crippen LogP contribution >= 0.6 is 7.82 Å². The number of hydrogen-bond donors (Lipinski definition) is 3. The van der Waals surface area contributed by atoms with Crippen LogP contribution < -0.4 is 5.73 Å². The first-order valence-corrected chi connectivity index (χ1v) is 23.5. The summed E-state index contributed by atoms with van der Waals surface area (Å²) in [4.78, 5) is 46.0. The number of carboxylic acids is 1. The Morgan fingerprint density at radius 2 is 0.983 bits per heavy atom. The van der Waals surface area contributed by atoms with Gasteiger partial charge in [0, 0.05) is 12.8 Å². The molecule has 0 saturated heterocycles. The minimum atomic E-state index is -4.73. The summed E-state index contributed by atoms with van der Waals surface area (Å²) in [6, 6.07) is -1.53. The van der Waals surface area contributed by atoms with Crippen molar-refractivity contribution in [2.45, 2.75) is 180 Å². The van der Waals surface area contributed by atoms with Crippen LogP contribution in [0.3, 0.4) is 0 Å². The van der Waals surface area contributed by atoms with Crippen molar-refractivity contribution in [3.05, 3.63) is 72.9 Å². The fraction of sp³-hybridized carbons (Fsp3) is 0.674. The number of phosphoric acid groups is 1. The predicted molar refractivity (Wildman–Crippen MR) is 235 cm³/mol. The Hall–Kier alpha value is -3.08. The van der Waals surface area contributed by atoms with Crippen molar-refractivity contribution in [3.8, 4) is 0 Å². The second-order valence-electron chi connectivity index (χ2n) is 14.4. The van der Waals surface area contributed by atoms with E-state index in [1.165, 1.54) is 57.8 Å². The van der Waals surface area contributed by atoms with Crippen LogP contribution in [-0.2, 0) is 37.5 Å². The zero-order valence-electron chi connectivity index (χ0n) is 35.9. The first kappa shape index (κ1) is 54.9. The normalized spacial score (nSPS) is 14.4. The lowest BCUT2D eigenvalue weighted by atomic mass is 10.1. The summed E-state index contributed by atoms with van der Waals surface area (Å²) in [6.07, 6.45) is 48.3. The summed E-state index contributed by atoms with van der Waals surface area (Å²) in [6.45, 7) is 2.61. The topological polar surface area (TPSA) is 172 Å². The molecule has 0 radical (unpaired) electrons. The highest BCUT2D eigenvalue weighted by atomic mass is 31.2. The maximum absolute atomic E-state index is 12.6. The van der Waals surface area contributed by atoms with Crippen LogP contribution in [0.4, 0.5) is 0 Å². The van der Waals surface area contributed by atoms with Crippen molar-refractivity contribution in [2.75, 3.05) is 19.8 Å². The maximum atomic E-state index is 12.6. The van der Waals surface area contributed by atoms with Crippen molar-refractivity contribution >= 4 is 25.7 Å². The second-order valence-corrected chi connectivity index (χ2v) is 15.9. The number of phosphoric ester groups is 1. The molecule has 11 nitrogen and oxygen atoms in total. The molecule has 0 fully saturated rings. The van der Waals surface area contributed by atoms with Gasteiger partial charge in [0.1, 0.15) is 12.6 Å². The van der Waals surface area contributed by atoms with E-state index in [0.717, 1.165) is 64.2 Å². The molecular weight excluding hydrogens is 757 g/mol. The summed E-state index contributed by atoms with van der Waals surface area (Å²) in [5.41, 5.74) is 5.33. The standard InChI is InChI=1S/C46H78NO10P/c1-3-5-7-9-11-13-15-17-19-21-23-25-27-29-31-33-35-37-44(48)54-39-42(40-55-58(52,53)56-41-43(47)46(50)51)57-45(49)38-36-34-32-30-28-26-24-22-20-18-16-14-12-10-8-6-4-2/h5,7,11,13,17-20,23,25,29,31,42-43H,3-4,6,8-10,12,14-16,21-22,24,26-28,30,32-41,47H2,1-2H3,(H,50,51)(H,52,53)/b7-5-,13-11-,19-17-,20-18-,25-23-,31-29-/t42-,43+/m1/s1. The van der Waals surface area contributed by atoms with Gasteiger partial charge in [0.15, 0.2) is 6.10 Å². The molecular formula is C46H78NO10P. The highest BCUT2D eigenvalue weighted by Crippen LogP contribution is 2.43. The van der Waals surface area contributed by atoms with Crippen LogP contribution in [0, 0.1) is 0 Å². The zero-order valence-corrected chi connectivity index (χ0v) is 36.8. The van der Waals surface area contributed by atoms with Gasteiger partial charge < -0.3 is 25.2 Å². The molecule has 0 amide bonds. The monoisotopic (exact) mass is 836 g/mol. The molecule has 332 valence electrons. The molecule has 0 aromatic heterocycles. The molecule has 0 aliphatic carbocycles. The molecule has 0 aliphatic rings. The minimum Gasteiger partial charge on any atom is -0.480 e. The number of nitrogens with two attached hydrogens (primary N) is 1. The van der Waals surface area contributed by atoms with Crippen molar-refractivity contribution in [3.63, 3.8) is 0 Å². The summed E-state index contributed by atoms with van der Waals surface area (Å²) >= 11 is 0. The third kappa shape index (κ3) is 39.7. The van der Waals surface area contributed by atoms with Gasteiger partial charge in [0.2, 0.25) is 0 Å². The molecule has 1 unspecified atom stereocenters. The summed E-state index contributed by atoms with van der Waals surface area (Å²) in [7, 11) is -4.73. The molecule has 3 atom stereocenters. The molecule has 0 rings (SSSR count). The number of carbonyl (C=O) groups excluding carboxylic acids is 2. The molecule has 0 bridgehead atoms. The number of allylic oxidation sites excluding steroid dienone is 12. The van der Waals surface area contributed by atoms with E-state index in [9.17, 15) is 23.8 Å². The number of ether oxygens (including phenoxy) is 2. The number of esters is 2. The van der Waals surface area contributed by atoms with Crippen LogP contribution in [0.25, 0.3) is 0 Å². The number of aliphatic carboxylic acids is 1. The molecule has 0 spiro atoms. The van der Waals surface area contributed by atoms with Crippen LogP contribution in [0.5, 0.6) is 0 Å². The fourth-order valence-corrected chi connectivity index (χ4v) is 6.28. The molecule has 0 aromatic carbocycles. The predicted octanol–water partition coefficient (Wildman–Crippen LogP) is 11.7. The number of hydrogen-bond acceptors (Lipinski definition) is 9. The van der Waals surface area contributed by atoms with Gasteiger partial charge in [0.25, 0.3) is 0 Å². The fourth-order valence-electron chi connectivity index (χ4n) is 5.51. The molecule has 4 N–H and O–H groups in total. The summed E-state index contributed by atoms with van der Waals surface area (Å²) in [5.74, 6) is -2.47. The van der Waals surface area contributed by atoms with E-state index in [1.54, 1.807) is 0 Å². The van der Waals surface area contributed by atoms with Gasteiger partial charge in [-0.05, 0) is 77.0 Å². The highest BCUT2D eigenvalue weighted by molar-refractivity contribution is 7.47. The van der Waals surface area contributed by atoms with E-state index in [2.05, 4.69) is 79.1 Å². The van der Waals surface area contributed by atoms with Crippen molar-refractivity contribution in [1.82, 2.24) is 0 Å². The average Bonchev–Trinajstić information content (AvgIpc) is 3.20. The van der Waals surface area contributed by atoms with Gasteiger partial charge >= 0.3 is 25.7 Å². The van der Waals surface area contributed by atoms with E-state index >= 15 is 0 Å². The van der Waals surface area contributed by atoms with E-state index in [4.69, 9.17) is 24.8 Å². The van der Waals surface area contributed by atoms with Crippen LogP contribution in [-0.4, -0.2) is 59.9 Å². The van der Waals surface area contributed by atoms with E-state index in [-0.39, 0.29) is 19.4 Å². The second kappa shape index (κ2) is 40.7. The molecule has 0 aliphatic heterocycles. The average molecular weight is 836 g/mol. The Morgan fingerprint density at radius 1 is 0.552 bits per heavy atom. The third-order valence-corrected chi connectivity index (χ3v) is 9.89. The number of carboxylic acid groups (broad SMARTS) is 1. The third-order valence-electron chi connectivity index (χ3n) is 8.94. The minimum absolute atomic E-state index is 0.139. The van der Waals surface area contributed by atoms with Crippen LogP contribution in [0.15, 0.2) is 72.9 Å². The Labute approximate surface area is 350 Å². The Balaban J connectivity index is 4.46. The molecule has 58 heavy (non-hydrogen) atoms. The van der Waals surface area contributed by atoms with Crippen molar-refractivity contribution < 1.29 is 47.5 Å². The van der Waals surface area contributed by atoms with E-state index in [0.29, 0.717) is 19.3 Å². The van der Waals surface area contributed by atoms with Crippen LogP contribution in [0.1, 0.15) is 168 Å². The molecule has 0 aromatic rings. The lowest BCUT2D eigenvalue weighted by Gasteiger charge is -2.20. The quantitative estimate of drug-likeness (QED) is 0.0232. The molecule has 0 saturated carbocycles. The van der Waals surface area contributed by atoms with E-state index in [1.807, 2.05) is 12.2 Å². The van der Waals surface area contributed by atoms with Gasteiger partial charge in [-0.1, -0.05) is 151 Å². The first-order valence-electron chi connectivity index (χ1n) is 22.0. The van der Waals surface area contributed by atoms with Gasteiger partial charge in [-0.3, -0.25) is 23.4 Å². The van der Waals surface area contributed by atoms with Crippen LogP contribution in [0.2, 0.25) is 0 Å². The Morgan fingerprint density at radius 3 is 1.52 bits per heavy atom. The maximum Gasteiger partial charge on any atom is 0.472 e. The smallest absolute Gasteiger partial charge is 0.472 e. The molecule has 0 heterocycles. The van der Waals surface area contributed by atoms with Crippen molar-refractivity contribution in [1.29, 1.82) is 0 Å². The number of rotatable bonds is 40. The number of unbranched alkanes of at least 4 members (excludes halogenated alkanes) is 14. The Kier molecular flexibility index (Phi) is 38.5. The zero-order chi connectivity index (χ0) is 42.8. The van der Waals surface area contributed by atoms with Gasteiger partial charge in [-0.25, -0.2) is 4.57 Å². The highest BCUT2D eigenvalue weighted by Gasteiger charge is 2.28. The van der Waals surface area contributed by atoms with Gasteiger partial charge in [-0.15, -0.1) is 0 Å². The summed E-state index contributed by atoms with van der Waals surface area (Å²) in [5, 5.41) is 8.89. The largest absolute Gasteiger partial charge is 0.480 e.